The summed E-state index contributed by atoms with van der Waals surface area (Å²) in [5.74, 6) is -0.118. The number of nitrogens with one attached hydrogen (secondary N) is 1. The van der Waals surface area contributed by atoms with Crippen LogP contribution in [0.1, 0.15) is 18.1 Å². The lowest BCUT2D eigenvalue weighted by Crippen LogP contribution is -2.22. The molecule has 146 valence electrons. The molecule has 2 rings (SSSR count). The van der Waals surface area contributed by atoms with Crippen molar-refractivity contribution in [2.24, 2.45) is 10.7 Å². The number of alkyl halides is 3. The zero-order valence-corrected chi connectivity index (χ0v) is 15.3. The van der Waals surface area contributed by atoms with Crippen LogP contribution in [0.3, 0.4) is 0 Å². The van der Waals surface area contributed by atoms with E-state index in [4.69, 9.17) is 5.73 Å². The molecule has 0 amide bonds. The van der Waals surface area contributed by atoms with E-state index in [1.165, 1.54) is 29.8 Å². The molecule has 27 heavy (non-hydrogen) atoms. The number of hydrogen-bond donors (Lipinski definition) is 2. The van der Waals surface area contributed by atoms with Gasteiger partial charge in [-0.1, -0.05) is 31.2 Å². The van der Waals surface area contributed by atoms with Crippen LogP contribution in [0, 0.1) is 0 Å². The van der Waals surface area contributed by atoms with Gasteiger partial charge in [0.05, 0.1) is 6.54 Å². The first-order chi connectivity index (χ1) is 12.7. The van der Waals surface area contributed by atoms with Crippen molar-refractivity contribution in [1.82, 2.24) is 4.90 Å². The molecule has 2 aromatic rings. The van der Waals surface area contributed by atoms with Gasteiger partial charge in [-0.05, 0) is 49.0 Å². The van der Waals surface area contributed by atoms with E-state index in [9.17, 15) is 13.2 Å². The molecule has 0 aliphatic heterocycles. The second kappa shape index (κ2) is 9.27. The van der Waals surface area contributed by atoms with Crippen LogP contribution in [-0.2, 0) is 13.1 Å². The quantitative estimate of drug-likeness (QED) is 0.564. The molecule has 2 aromatic carbocycles. The van der Waals surface area contributed by atoms with Crippen molar-refractivity contribution in [3.63, 3.8) is 0 Å². The van der Waals surface area contributed by atoms with Crippen LogP contribution >= 0.6 is 0 Å². The van der Waals surface area contributed by atoms with Crippen molar-refractivity contribution in [3.05, 3.63) is 59.7 Å². The predicted octanol–water partition coefficient (Wildman–Crippen LogP) is 3.96. The standard InChI is InChI=1S/C19H23F3N4O/c1-3-26(2)13-15-6-4-5-14(11-15)12-24-18(23)25-16-7-9-17(10-8-16)27-19(20,21)22/h4-11H,3,12-13H2,1-2H3,(H3,23,24,25). The topological polar surface area (TPSA) is 62.9 Å². The van der Waals surface area contributed by atoms with Gasteiger partial charge in [0.1, 0.15) is 5.75 Å². The van der Waals surface area contributed by atoms with Crippen LogP contribution in [0.15, 0.2) is 53.5 Å². The third kappa shape index (κ3) is 7.57. The highest BCUT2D eigenvalue weighted by atomic mass is 19.4. The summed E-state index contributed by atoms with van der Waals surface area (Å²) in [6, 6.07) is 13.4. The Hall–Kier alpha value is -2.74. The SMILES string of the molecule is CCN(C)Cc1cccc(CN=C(N)Nc2ccc(OC(F)(F)F)cc2)c1. The van der Waals surface area contributed by atoms with Crippen LogP contribution in [0.25, 0.3) is 0 Å². The number of hydrogen-bond acceptors (Lipinski definition) is 3. The van der Waals surface area contributed by atoms with Crippen LogP contribution < -0.4 is 15.8 Å². The van der Waals surface area contributed by atoms with E-state index in [2.05, 4.69) is 46.1 Å². The highest BCUT2D eigenvalue weighted by Gasteiger charge is 2.30. The van der Waals surface area contributed by atoms with Crippen molar-refractivity contribution in [2.75, 3.05) is 18.9 Å². The molecule has 3 N–H and O–H groups in total. The summed E-state index contributed by atoms with van der Waals surface area (Å²) < 4.78 is 40.3. The van der Waals surface area contributed by atoms with Crippen molar-refractivity contribution in [3.8, 4) is 5.75 Å². The predicted molar refractivity (Wildman–Crippen MR) is 101 cm³/mol. The second-order valence-electron chi connectivity index (χ2n) is 6.05. The fourth-order valence-corrected chi connectivity index (χ4v) is 2.35. The Morgan fingerprint density at radius 1 is 1.15 bits per heavy atom. The largest absolute Gasteiger partial charge is 0.573 e. The van der Waals surface area contributed by atoms with Crippen molar-refractivity contribution in [2.45, 2.75) is 26.4 Å². The molecule has 0 heterocycles. The Morgan fingerprint density at radius 2 is 1.81 bits per heavy atom. The summed E-state index contributed by atoms with van der Waals surface area (Å²) >= 11 is 0. The van der Waals surface area contributed by atoms with Gasteiger partial charge in [0.25, 0.3) is 0 Å². The van der Waals surface area contributed by atoms with Crippen molar-refractivity contribution in [1.29, 1.82) is 0 Å². The lowest BCUT2D eigenvalue weighted by atomic mass is 10.1. The highest BCUT2D eigenvalue weighted by Crippen LogP contribution is 2.23. The van der Waals surface area contributed by atoms with Gasteiger partial charge in [0.15, 0.2) is 5.96 Å². The molecular weight excluding hydrogens is 357 g/mol. The van der Waals surface area contributed by atoms with E-state index >= 15 is 0 Å². The maximum Gasteiger partial charge on any atom is 0.573 e. The first kappa shape index (κ1) is 20.6. The summed E-state index contributed by atoms with van der Waals surface area (Å²) in [6.45, 7) is 4.32. The van der Waals surface area contributed by atoms with Gasteiger partial charge in [-0.15, -0.1) is 13.2 Å². The number of nitrogens with zero attached hydrogens (tertiary/aromatic N) is 2. The van der Waals surface area contributed by atoms with Gasteiger partial charge < -0.3 is 20.7 Å². The lowest BCUT2D eigenvalue weighted by Gasteiger charge is -2.14. The Kier molecular flexibility index (Phi) is 7.06. The molecule has 0 atom stereocenters. The third-order valence-electron chi connectivity index (χ3n) is 3.78. The van der Waals surface area contributed by atoms with Gasteiger partial charge in [0, 0.05) is 12.2 Å². The van der Waals surface area contributed by atoms with E-state index in [-0.39, 0.29) is 11.7 Å². The average Bonchev–Trinajstić information content (AvgIpc) is 2.61. The molecule has 5 nitrogen and oxygen atoms in total. The van der Waals surface area contributed by atoms with Crippen LogP contribution in [0.2, 0.25) is 0 Å². The summed E-state index contributed by atoms with van der Waals surface area (Å²) in [5, 5.41) is 2.84. The fourth-order valence-electron chi connectivity index (χ4n) is 2.35. The first-order valence-electron chi connectivity index (χ1n) is 8.44. The number of nitrogens with two attached hydrogens (primary N) is 1. The minimum Gasteiger partial charge on any atom is -0.406 e. The van der Waals surface area contributed by atoms with Crippen molar-refractivity contribution < 1.29 is 17.9 Å². The number of rotatable bonds is 7. The van der Waals surface area contributed by atoms with Crippen molar-refractivity contribution >= 4 is 11.6 Å². The maximum absolute atomic E-state index is 12.2. The number of halogens is 3. The van der Waals surface area contributed by atoms with Gasteiger partial charge >= 0.3 is 6.36 Å². The zero-order chi connectivity index (χ0) is 19.9. The minimum absolute atomic E-state index is 0.176. The van der Waals surface area contributed by atoms with E-state index in [1.54, 1.807) is 0 Å². The Morgan fingerprint density at radius 3 is 2.44 bits per heavy atom. The first-order valence-corrected chi connectivity index (χ1v) is 8.44. The lowest BCUT2D eigenvalue weighted by molar-refractivity contribution is -0.274. The molecule has 0 aliphatic rings. The number of aliphatic imine (C=N–C) groups is 1. The third-order valence-corrected chi connectivity index (χ3v) is 3.78. The Bertz CT molecular complexity index is 760. The average molecular weight is 380 g/mol. The van der Waals surface area contributed by atoms with E-state index < -0.39 is 6.36 Å². The summed E-state index contributed by atoms with van der Waals surface area (Å²) in [6.07, 6.45) is -4.71. The second-order valence-corrected chi connectivity index (χ2v) is 6.05. The molecule has 0 aromatic heterocycles. The van der Waals surface area contributed by atoms with Gasteiger partial charge in [0.2, 0.25) is 0 Å². The van der Waals surface area contributed by atoms with E-state index in [0.717, 1.165) is 18.7 Å². The molecule has 0 fully saturated rings. The monoisotopic (exact) mass is 380 g/mol. The van der Waals surface area contributed by atoms with Gasteiger partial charge in [-0.3, -0.25) is 0 Å². The number of ether oxygens (including phenoxy) is 1. The smallest absolute Gasteiger partial charge is 0.406 e. The van der Waals surface area contributed by atoms with E-state index in [1.807, 2.05) is 12.1 Å². The van der Waals surface area contributed by atoms with Gasteiger partial charge in [-0.2, -0.15) is 0 Å². The molecule has 0 aliphatic carbocycles. The molecule has 0 unspecified atom stereocenters. The molecule has 0 saturated heterocycles. The molecule has 0 saturated carbocycles. The summed E-state index contributed by atoms with van der Waals surface area (Å²) in [5.41, 5.74) is 8.59. The summed E-state index contributed by atoms with van der Waals surface area (Å²) in [7, 11) is 2.05. The van der Waals surface area contributed by atoms with Gasteiger partial charge in [-0.25, -0.2) is 4.99 Å². The molecule has 0 radical (unpaired) electrons. The Labute approximate surface area is 156 Å². The summed E-state index contributed by atoms with van der Waals surface area (Å²) in [4.78, 5) is 6.47. The maximum atomic E-state index is 12.2. The number of guanidine groups is 1. The number of anilines is 1. The fraction of sp³-hybridized carbons (Fsp3) is 0.316. The molecule has 0 spiro atoms. The van der Waals surface area contributed by atoms with Crippen LogP contribution in [0.5, 0.6) is 5.75 Å². The molecule has 0 bridgehead atoms. The zero-order valence-electron chi connectivity index (χ0n) is 15.3. The van der Waals surface area contributed by atoms with Crippen LogP contribution in [0.4, 0.5) is 18.9 Å². The Balaban J connectivity index is 1.93. The van der Waals surface area contributed by atoms with Crippen LogP contribution in [-0.4, -0.2) is 30.8 Å². The normalized spacial score (nSPS) is 12.3. The minimum atomic E-state index is -4.71. The molecular formula is C19H23F3N4O. The molecule has 8 heteroatoms. The number of benzene rings is 2. The highest BCUT2D eigenvalue weighted by molar-refractivity contribution is 5.92. The van der Waals surface area contributed by atoms with E-state index in [0.29, 0.717) is 12.2 Å².